The summed E-state index contributed by atoms with van der Waals surface area (Å²) in [7, 11) is 1.17. The molecule has 0 saturated carbocycles. The molecule has 1 aromatic heterocycles. The number of carbonyl (C=O) groups excluding carboxylic acids is 4. The van der Waals surface area contributed by atoms with Gasteiger partial charge in [-0.25, -0.2) is 14.5 Å². The van der Waals surface area contributed by atoms with Crippen molar-refractivity contribution in [3.8, 4) is 0 Å². The van der Waals surface area contributed by atoms with Crippen molar-refractivity contribution in [2.24, 2.45) is 0 Å². The third kappa shape index (κ3) is 5.00. The minimum Gasteiger partial charge on any atom is -0.463 e. The molecule has 0 aliphatic carbocycles. The quantitative estimate of drug-likeness (QED) is 0.348. The number of carbonyl (C=O) groups is 4. The van der Waals surface area contributed by atoms with Crippen LogP contribution in [0, 0.1) is 0 Å². The molecular weight excluding hydrogens is 372 g/mol. The zero-order valence-electron chi connectivity index (χ0n) is 15.1. The second kappa shape index (κ2) is 8.58. The number of methoxy groups -OCH3 is 1. The van der Waals surface area contributed by atoms with Gasteiger partial charge in [0.25, 0.3) is 5.82 Å². The zero-order chi connectivity index (χ0) is 20.1. The molecule has 0 aromatic carbocycles. The van der Waals surface area contributed by atoms with Crippen molar-refractivity contribution in [1.29, 1.82) is 0 Å². The second-order valence-corrected chi connectivity index (χ2v) is 5.56. The summed E-state index contributed by atoms with van der Waals surface area (Å²) in [4.78, 5) is 49.4. The third-order valence-corrected chi connectivity index (χ3v) is 3.48. The first-order valence-electron chi connectivity index (χ1n) is 7.85. The Morgan fingerprint density at radius 2 is 1.70 bits per heavy atom. The van der Waals surface area contributed by atoms with Crippen LogP contribution in [0.5, 0.6) is 0 Å². The van der Waals surface area contributed by atoms with Gasteiger partial charge in [0.2, 0.25) is 0 Å². The van der Waals surface area contributed by atoms with Gasteiger partial charge in [-0.15, -0.1) is 5.10 Å². The van der Waals surface area contributed by atoms with Gasteiger partial charge >= 0.3 is 23.9 Å². The fourth-order valence-electron chi connectivity index (χ4n) is 2.49. The van der Waals surface area contributed by atoms with E-state index in [1.165, 1.54) is 34.2 Å². The van der Waals surface area contributed by atoms with Crippen molar-refractivity contribution < 1.29 is 42.9 Å². The molecule has 4 atom stereocenters. The Morgan fingerprint density at radius 3 is 2.26 bits per heavy atom. The molecule has 1 aromatic rings. The third-order valence-electron chi connectivity index (χ3n) is 3.48. The molecule has 2 heterocycles. The van der Waals surface area contributed by atoms with E-state index in [1.807, 2.05) is 0 Å². The van der Waals surface area contributed by atoms with Gasteiger partial charge in [-0.1, -0.05) is 0 Å². The minimum absolute atomic E-state index is 0.241. The fraction of sp³-hybridized carbons (Fsp3) is 0.600. The van der Waals surface area contributed by atoms with Gasteiger partial charge < -0.3 is 23.7 Å². The molecule has 1 aliphatic rings. The molecule has 0 bridgehead atoms. The number of hydrogen-bond donors (Lipinski definition) is 0. The molecule has 1 fully saturated rings. The van der Waals surface area contributed by atoms with Gasteiger partial charge in [-0.05, 0) is 0 Å². The fourth-order valence-corrected chi connectivity index (χ4v) is 2.49. The first-order valence-corrected chi connectivity index (χ1v) is 7.85. The Morgan fingerprint density at radius 1 is 1.07 bits per heavy atom. The number of rotatable bonds is 6. The number of esters is 4. The van der Waals surface area contributed by atoms with E-state index in [0.29, 0.717) is 0 Å². The normalized spacial score (nSPS) is 24.1. The van der Waals surface area contributed by atoms with Crippen molar-refractivity contribution in [2.75, 3.05) is 13.7 Å². The van der Waals surface area contributed by atoms with Crippen LogP contribution in [0.3, 0.4) is 0 Å². The van der Waals surface area contributed by atoms with Crippen LogP contribution in [0.4, 0.5) is 0 Å². The monoisotopic (exact) mass is 391 g/mol. The maximum atomic E-state index is 11.5. The van der Waals surface area contributed by atoms with Crippen molar-refractivity contribution >= 4 is 23.9 Å². The van der Waals surface area contributed by atoms with Crippen LogP contribution >= 0.6 is 0 Å². The Hall–Kier alpha value is -3.02. The molecule has 0 radical (unpaired) electrons. The van der Waals surface area contributed by atoms with E-state index in [2.05, 4.69) is 14.8 Å². The smallest absolute Gasteiger partial charge is 0.377 e. The number of ether oxygens (including phenoxy) is 5. The standard InChI is InChI=1S/C15H19N3O9/c1-7(19)24-5-10-11(25-8(2)20)12(26-9(3)21)14(27-10)18-6-16-13(17-18)15(22)23-4/h6,10-12,14H,5H2,1-4H3/t10-,11-,12-,14-/m0/s1/i6+1,13+1,15+1,16+1,17+1,18+1. The lowest BCUT2D eigenvalue weighted by molar-refractivity contribution is -0.166. The van der Waals surface area contributed by atoms with Crippen LogP contribution < -0.4 is 0 Å². The molecule has 12 nitrogen and oxygen atoms in total. The highest BCUT2D eigenvalue weighted by Gasteiger charge is 2.51. The average Bonchev–Trinajstić information content (AvgIpc) is 3.18. The van der Waals surface area contributed by atoms with Crippen molar-refractivity contribution in [2.45, 2.75) is 45.3 Å². The second-order valence-electron chi connectivity index (χ2n) is 5.56. The van der Waals surface area contributed by atoms with E-state index in [1.54, 1.807) is 0 Å². The van der Waals surface area contributed by atoms with Crippen LogP contribution in [0.2, 0.25) is 0 Å². The van der Waals surface area contributed by atoms with Gasteiger partial charge in [0, 0.05) is 20.8 Å². The lowest BCUT2D eigenvalue weighted by Gasteiger charge is -2.23. The lowest BCUT2D eigenvalue weighted by Crippen LogP contribution is -2.40. The van der Waals surface area contributed by atoms with Gasteiger partial charge in [0.1, 0.15) is 19.0 Å². The molecule has 2 rings (SSSR count). The maximum Gasteiger partial charge on any atom is 0.377 e. The summed E-state index contributed by atoms with van der Waals surface area (Å²) in [5, 5.41) is 3.93. The Balaban J connectivity index is 2.33. The van der Waals surface area contributed by atoms with Crippen molar-refractivity contribution in [1.82, 2.24) is 14.8 Å². The van der Waals surface area contributed by atoms with Crippen LogP contribution in [-0.4, -0.2) is 70.7 Å². The predicted octanol–water partition coefficient (Wildman–Crippen LogP) is -0.611. The van der Waals surface area contributed by atoms with E-state index in [9.17, 15) is 19.2 Å². The summed E-state index contributed by atoms with van der Waals surface area (Å²) < 4.78 is 26.8. The molecule has 27 heavy (non-hydrogen) atoms. The molecule has 0 N–H and O–H groups in total. The van der Waals surface area contributed by atoms with E-state index in [4.69, 9.17) is 18.9 Å². The minimum atomic E-state index is -1.11. The first-order chi connectivity index (χ1) is 12.7. The summed E-state index contributed by atoms with van der Waals surface area (Å²) in [6, 6.07) is 0. The van der Waals surface area contributed by atoms with Gasteiger partial charge in [-0.2, -0.15) is 0 Å². The number of hydrogen-bond acceptors (Lipinski definition) is 11. The molecule has 12 heteroatoms. The Kier molecular flexibility index (Phi) is 6.45. The Labute approximate surface area is 153 Å². The van der Waals surface area contributed by atoms with E-state index < -0.39 is 48.4 Å². The van der Waals surface area contributed by atoms with Crippen molar-refractivity contribution in [3.05, 3.63) is 12.2 Å². The molecule has 0 unspecified atom stereocenters. The summed E-state index contributed by atoms with van der Waals surface area (Å²) in [6.07, 6.45) is -3.02. The van der Waals surface area contributed by atoms with Crippen LogP contribution in [0.25, 0.3) is 0 Å². The van der Waals surface area contributed by atoms with Crippen LogP contribution in [-0.2, 0) is 38.1 Å². The van der Waals surface area contributed by atoms with E-state index in [0.717, 1.165) is 4.68 Å². The highest BCUT2D eigenvalue weighted by Crippen LogP contribution is 2.34. The van der Waals surface area contributed by atoms with E-state index in [-0.39, 0.29) is 12.4 Å². The highest BCUT2D eigenvalue weighted by molar-refractivity contribution is 5.84. The highest BCUT2D eigenvalue weighted by atomic mass is 16.7. The van der Waals surface area contributed by atoms with Gasteiger partial charge in [0.05, 0.1) is 7.11 Å². The van der Waals surface area contributed by atoms with Gasteiger partial charge in [0.15, 0.2) is 18.4 Å². The average molecular weight is 391 g/mol. The topological polar surface area (TPSA) is 145 Å². The summed E-state index contributed by atoms with van der Waals surface area (Å²) in [5.74, 6) is -2.89. The summed E-state index contributed by atoms with van der Waals surface area (Å²) >= 11 is 0. The van der Waals surface area contributed by atoms with Crippen LogP contribution in [0.15, 0.2) is 6.33 Å². The van der Waals surface area contributed by atoms with Gasteiger partial charge in [-0.3, -0.25) is 14.4 Å². The lowest BCUT2D eigenvalue weighted by atomic mass is 10.1. The Bertz CT molecular complexity index is 732. The summed E-state index contributed by atoms with van der Waals surface area (Å²) in [5.41, 5.74) is 0. The van der Waals surface area contributed by atoms with Crippen molar-refractivity contribution in [3.63, 3.8) is 0 Å². The maximum absolute atomic E-state index is 11.5. The number of nitrogens with zero attached hydrogens (tertiary/aromatic N) is 3. The van der Waals surface area contributed by atoms with E-state index >= 15 is 0 Å². The molecule has 0 spiro atoms. The largest absolute Gasteiger partial charge is 0.463 e. The summed E-state index contributed by atoms with van der Waals surface area (Å²) in [6.45, 7) is 3.30. The number of aromatic nitrogens is 3. The van der Waals surface area contributed by atoms with Crippen LogP contribution in [0.1, 0.15) is 37.6 Å². The zero-order valence-corrected chi connectivity index (χ0v) is 15.1. The first kappa shape index (κ1) is 20.3. The molecule has 1 saturated heterocycles. The molecule has 1 aliphatic heterocycles. The molecular formula is C15H19N3O9. The molecule has 148 valence electrons. The molecule has 0 amide bonds. The SMILES string of the molecule is CO[13C](=O)[13c]1[15n][13cH][15n]([C@H]2O[C@@H](COC(C)=O)[C@H](OC(C)=O)[C@@H]2OC(C)=O)[15n]1. The predicted molar refractivity (Wildman–Crippen MR) is 83.0 cm³/mol.